The zero-order valence-electron chi connectivity index (χ0n) is 13.6. The minimum absolute atomic E-state index is 0.230. The zero-order chi connectivity index (χ0) is 15.0. The lowest BCUT2D eigenvalue weighted by molar-refractivity contribution is -0.127. The monoisotopic (exact) mass is 285 g/mol. The number of hydrogen-bond donors (Lipinski definition) is 0. The first-order valence-corrected chi connectivity index (χ1v) is 8.42. The summed E-state index contributed by atoms with van der Waals surface area (Å²) in [6.07, 6.45) is 4.37. The zero-order valence-corrected chi connectivity index (χ0v) is 13.6. The van der Waals surface area contributed by atoms with Gasteiger partial charge >= 0.3 is 0 Å². The topological polar surface area (TPSA) is 20.3 Å². The van der Waals surface area contributed by atoms with Gasteiger partial charge in [0.05, 0.1) is 0 Å². The Kier molecular flexibility index (Phi) is 4.05. The number of fused-ring (bicyclic) bond motifs is 1. The molecule has 0 aromatic heterocycles. The van der Waals surface area contributed by atoms with Crippen LogP contribution in [0.3, 0.4) is 0 Å². The minimum Gasteiger partial charge on any atom is -0.371 e. The number of benzene rings is 1. The molecule has 114 valence electrons. The SMILES string of the molecule is Cc1ccc2c(c1)CCCN2CC1C(=O)CC(C)CC1C. The van der Waals surface area contributed by atoms with Crippen molar-refractivity contribution in [3.63, 3.8) is 0 Å². The lowest BCUT2D eigenvalue weighted by Crippen LogP contribution is -2.42. The fraction of sp³-hybridized carbons (Fsp3) is 0.632. The lowest BCUT2D eigenvalue weighted by Gasteiger charge is -2.38. The second kappa shape index (κ2) is 5.82. The van der Waals surface area contributed by atoms with Crippen molar-refractivity contribution in [3.05, 3.63) is 29.3 Å². The van der Waals surface area contributed by atoms with Crippen molar-refractivity contribution in [2.24, 2.45) is 17.8 Å². The molecule has 3 atom stereocenters. The Balaban J connectivity index is 1.79. The van der Waals surface area contributed by atoms with Crippen LogP contribution in [0.4, 0.5) is 5.69 Å². The maximum absolute atomic E-state index is 12.4. The summed E-state index contributed by atoms with van der Waals surface area (Å²) in [5.41, 5.74) is 4.17. The molecule has 3 rings (SSSR count). The summed E-state index contributed by atoms with van der Waals surface area (Å²) in [6, 6.07) is 6.77. The van der Waals surface area contributed by atoms with Crippen molar-refractivity contribution in [2.45, 2.75) is 46.5 Å². The molecule has 0 amide bonds. The fourth-order valence-corrected chi connectivity index (χ4v) is 4.21. The number of aryl methyl sites for hydroxylation is 2. The van der Waals surface area contributed by atoms with E-state index in [0.29, 0.717) is 17.6 Å². The third-order valence-corrected chi connectivity index (χ3v) is 5.29. The molecule has 1 aromatic carbocycles. The van der Waals surface area contributed by atoms with Crippen LogP contribution in [0.5, 0.6) is 0 Å². The maximum Gasteiger partial charge on any atom is 0.138 e. The van der Waals surface area contributed by atoms with Crippen molar-refractivity contribution < 1.29 is 4.79 Å². The van der Waals surface area contributed by atoms with Gasteiger partial charge in [-0.25, -0.2) is 0 Å². The van der Waals surface area contributed by atoms with Crippen LogP contribution in [0.15, 0.2) is 18.2 Å². The summed E-state index contributed by atoms with van der Waals surface area (Å²) in [6.45, 7) is 8.65. The smallest absolute Gasteiger partial charge is 0.138 e. The highest BCUT2D eigenvalue weighted by Gasteiger charge is 2.34. The van der Waals surface area contributed by atoms with Gasteiger partial charge in [0.15, 0.2) is 0 Å². The Morgan fingerprint density at radius 1 is 1.29 bits per heavy atom. The summed E-state index contributed by atoms with van der Waals surface area (Å²) < 4.78 is 0. The molecule has 1 saturated carbocycles. The summed E-state index contributed by atoms with van der Waals surface area (Å²) in [5, 5.41) is 0. The molecule has 1 heterocycles. The van der Waals surface area contributed by atoms with Gasteiger partial charge in [-0.3, -0.25) is 4.79 Å². The Labute approximate surface area is 128 Å². The first-order chi connectivity index (χ1) is 10.0. The standard InChI is InChI=1S/C19H27NO/c1-13-6-7-18-16(10-13)5-4-8-20(18)12-17-15(3)9-14(2)11-19(17)21/h6-7,10,14-15,17H,4-5,8-9,11-12H2,1-3H3. The molecule has 2 aliphatic rings. The first-order valence-electron chi connectivity index (χ1n) is 8.42. The number of hydrogen-bond acceptors (Lipinski definition) is 2. The van der Waals surface area contributed by atoms with Crippen molar-refractivity contribution in [1.82, 2.24) is 0 Å². The molecule has 3 unspecified atom stereocenters. The molecule has 1 fully saturated rings. The van der Waals surface area contributed by atoms with Gasteiger partial charge in [0.2, 0.25) is 0 Å². The molecular formula is C19H27NO. The van der Waals surface area contributed by atoms with E-state index in [1.165, 1.54) is 36.1 Å². The molecule has 0 N–H and O–H groups in total. The Morgan fingerprint density at radius 2 is 2.10 bits per heavy atom. The van der Waals surface area contributed by atoms with Gasteiger partial charge in [0.1, 0.15) is 5.78 Å². The molecule has 1 aromatic rings. The second-order valence-corrected chi connectivity index (χ2v) is 7.28. The van der Waals surface area contributed by atoms with E-state index in [1.807, 2.05) is 0 Å². The van der Waals surface area contributed by atoms with Gasteiger partial charge in [-0.15, -0.1) is 0 Å². The predicted octanol–water partition coefficient (Wildman–Crippen LogP) is 4.00. The van der Waals surface area contributed by atoms with Crippen molar-refractivity contribution in [2.75, 3.05) is 18.0 Å². The highest BCUT2D eigenvalue weighted by molar-refractivity contribution is 5.83. The first kappa shape index (κ1) is 14.6. The highest BCUT2D eigenvalue weighted by atomic mass is 16.1. The van der Waals surface area contributed by atoms with E-state index >= 15 is 0 Å². The van der Waals surface area contributed by atoms with E-state index in [2.05, 4.69) is 43.9 Å². The largest absolute Gasteiger partial charge is 0.371 e. The molecule has 0 radical (unpaired) electrons. The number of Topliss-reactive ketones (excluding diaryl/α,β-unsaturated/α-hetero) is 1. The Bertz CT molecular complexity index is 536. The summed E-state index contributed by atoms with van der Waals surface area (Å²) in [4.78, 5) is 14.9. The van der Waals surface area contributed by atoms with Crippen molar-refractivity contribution in [1.29, 1.82) is 0 Å². The van der Waals surface area contributed by atoms with Gasteiger partial charge in [-0.1, -0.05) is 31.5 Å². The maximum atomic E-state index is 12.4. The molecule has 1 aliphatic heterocycles. The lowest BCUT2D eigenvalue weighted by atomic mass is 9.74. The normalized spacial score (nSPS) is 29.4. The van der Waals surface area contributed by atoms with E-state index in [0.717, 1.165) is 19.5 Å². The number of rotatable bonds is 2. The summed E-state index contributed by atoms with van der Waals surface area (Å²) in [7, 11) is 0. The summed E-state index contributed by atoms with van der Waals surface area (Å²) >= 11 is 0. The van der Waals surface area contributed by atoms with Gasteiger partial charge in [-0.05, 0) is 49.7 Å². The fourth-order valence-electron chi connectivity index (χ4n) is 4.21. The predicted molar refractivity (Wildman–Crippen MR) is 87.8 cm³/mol. The molecule has 0 saturated heterocycles. The number of ketones is 1. The average molecular weight is 285 g/mol. The van der Waals surface area contributed by atoms with Crippen molar-refractivity contribution in [3.8, 4) is 0 Å². The number of carbonyl (C=O) groups is 1. The molecule has 0 bridgehead atoms. The van der Waals surface area contributed by atoms with Crippen LogP contribution in [0.2, 0.25) is 0 Å². The van der Waals surface area contributed by atoms with Gasteiger partial charge in [0.25, 0.3) is 0 Å². The summed E-state index contributed by atoms with van der Waals surface area (Å²) in [5.74, 6) is 1.81. The Morgan fingerprint density at radius 3 is 2.86 bits per heavy atom. The van der Waals surface area contributed by atoms with Crippen LogP contribution in [0.25, 0.3) is 0 Å². The molecule has 0 spiro atoms. The molecule has 1 aliphatic carbocycles. The Hall–Kier alpha value is -1.31. The van der Waals surface area contributed by atoms with E-state index in [4.69, 9.17) is 0 Å². The highest BCUT2D eigenvalue weighted by Crippen LogP contribution is 2.34. The van der Waals surface area contributed by atoms with Crippen molar-refractivity contribution >= 4 is 11.5 Å². The van der Waals surface area contributed by atoms with E-state index in [1.54, 1.807) is 0 Å². The van der Waals surface area contributed by atoms with Gasteiger partial charge in [0, 0.05) is 31.1 Å². The third-order valence-electron chi connectivity index (χ3n) is 5.29. The molecule has 2 heteroatoms. The van der Waals surface area contributed by atoms with Crippen LogP contribution < -0.4 is 4.90 Å². The quantitative estimate of drug-likeness (QED) is 0.818. The van der Waals surface area contributed by atoms with Crippen LogP contribution in [-0.4, -0.2) is 18.9 Å². The minimum atomic E-state index is 0.230. The van der Waals surface area contributed by atoms with Crippen LogP contribution >= 0.6 is 0 Å². The third kappa shape index (κ3) is 3.00. The van der Waals surface area contributed by atoms with Crippen LogP contribution in [0.1, 0.15) is 44.2 Å². The number of carbonyl (C=O) groups excluding carboxylic acids is 1. The van der Waals surface area contributed by atoms with Crippen LogP contribution in [-0.2, 0) is 11.2 Å². The molecule has 2 nitrogen and oxygen atoms in total. The molecular weight excluding hydrogens is 258 g/mol. The van der Waals surface area contributed by atoms with Crippen LogP contribution in [0, 0.1) is 24.7 Å². The van der Waals surface area contributed by atoms with E-state index < -0.39 is 0 Å². The van der Waals surface area contributed by atoms with E-state index in [-0.39, 0.29) is 5.92 Å². The number of anilines is 1. The number of nitrogens with zero attached hydrogens (tertiary/aromatic N) is 1. The van der Waals surface area contributed by atoms with E-state index in [9.17, 15) is 4.79 Å². The van der Waals surface area contributed by atoms with Gasteiger partial charge < -0.3 is 4.90 Å². The second-order valence-electron chi connectivity index (χ2n) is 7.28. The molecule has 21 heavy (non-hydrogen) atoms. The van der Waals surface area contributed by atoms with Gasteiger partial charge in [-0.2, -0.15) is 0 Å². The average Bonchev–Trinajstić information content (AvgIpc) is 2.42.